The number of hydrogen-bond acceptors (Lipinski definition) is 3. The average Bonchev–Trinajstić information content (AvgIpc) is 2.72. The van der Waals surface area contributed by atoms with Crippen LogP contribution in [0.1, 0.15) is 33.1 Å². The van der Waals surface area contributed by atoms with Gasteiger partial charge >= 0.3 is 0 Å². The molecule has 0 aromatic heterocycles. The van der Waals surface area contributed by atoms with E-state index in [0.29, 0.717) is 13.1 Å². The molecule has 102 valence electrons. The van der Waals surface area contributed by atoms with Crippen LogP contribution in [0, 0.1) is 5.92 Å². The highest BCUT2D eigenvalue weighted by Crippen LogP contribution is 2.30. The van der Waals surface area contributed by atoms with E-state index in [9.17, 15) is 9.59 Å². The van der Waals surface area contributed by atoms with Crippen molar-refractivity contribution in [3.8, 4) is 0 Å². The van der Waals surface area contributed by atoms with Crippen LogP contribution in [0.5, 0.6) is 0 Å². The van der Waals surface area contributed by atoms with E-state index in [2.05, 4.69) is 0 Å². The quantitative estimate of drug-likeness (QED) is 0.725. The van der Waals surface area contributed by atoms with E-state index >= 15 is 0 Å². The Hall–Kier alpha value is -1.10. The molecule has 5 nitrogen and oxygen atoms in total. The molecule has 0 bridgehead atoms. The molecule has 1 heterocycles. The van der Waals surface area contributed by atoms with Crippen molar-refractivity contribution in [1.29, 1.82) is 0 Å². The molecule has 0 radical (unpaired) electrons. The van der Waals surface area contributed by atoms with E-state index in [1.807, 2.05) is 13.8 Å². The van der Waals surface area contributed by atoms with E-state index in [0.717, 1.165) is 19.3 Å². The fourth-order valence-electron chi connectivity index (χ4n) is 3.06. The maximum atomic E-state index is 12.5. The molecule has 0 spiro atoms. The Morgan fingerprint density at radius 1 is 1.33 bits per heavy atom. The number of nitrogens with two attached hydrogens (primary N) is 1. The minimum absolute atomic E-state index is 0.00970. The summed E-state index contributed by atoms with van der Waals surface area (Å²) >= 11 is 0. The normalized spacial score (nSPS) is 31.9. The van der Waals surface area contributed by atoms with Gasteiger partial charge < -0.3 is 15.5 Å². The van der Waals surface area contributed by atoms with Gasteiger partial charge in [-0.05, 0) is 33.1 Å². The van der Waals surface area contributed by atoms with Crippen LogP contribution in [0.25, 0.3) is 0 Å². The Labute approximate surface area is 108 Å². The molecule has 0 unspecified atom stereocenters. The summed E-state index contributed by atoms with van der Waals surface area (Å²) in [7, 11) is 1.79. The summed E-state index contributed by atoms with van der Waals surface area (Å²) in [5, 5.41) is 0. The largest absolute Gasteiger partial charge is 0.342 e. The zero-order chi connectivity index (χ0) is 13.5. The lowest BCUT2D eigenvalue weighted by atomic mass is 9.94. The van der Waals surface area contributed by atoms with Crippen LogP contribution in [0.15, 0.2) is 0 Å². The number of likely N-dealkylation sites (N-methyl/N-ethyl adjacent to an activating group) is 1. The van der Waals surface area contributed by atoms with Crippen molar-refractivity contribution in [3.05, 3.63) is 0 Å². The molecule has 2 aliphatic rings. The standard InChI is InChI=1S/C13H23N3O2/c1-13(2)12(18)15(3)6-7-16(13)11(17)9-4-5-10(14)8-9/h9-10H,4-8,14H2,1-3H3/t9-,10+/m1/s1. The Bertz CT molecular complexity index is 367. The Kier molecular flexibility index (Phi) is 3.36. The van der Waals surface area contributed by atoms with Gasteiger partial charge in [-0.3, -0.25) is 9.59 Å². The molecule has 0 aromatic rings. The number of hydrogen-bond donors (Lipinski definition) is 1. The molecule has 5 heteroatoms. The third-order valence-corrected chi connectivity index (χ3v) is 4.29. The lowest BCUT2D eigenvalue weighted by Gasteiger charge is -2.45. The molecule has 18 heavy (non-hydrogen) atoms. The summed E-state index contributed by atoms with van der Waals surface area (Å²) in [4.78, 5) is 28.1. The Balaban J connectivity index is 2.13. The van der Waals surface area contributed by atoms with E-state index in [1.165, 1.54) is 0 Å². The molecule has 2 fully saturated rings. The van der Waals surface area contributed by atoms with Crippen molar-refractivity contribution in [3.63, 3.8) is 0 Å². The highest BCUT2D eigenvalue weighted by atomic mass is 16.2. The van der Waals surface area contributed by atoms with E-state index < -0.39 is 5.54 Å². The van der Waals surface area contributed by atoms with Gasteiger partial charge in [0.2, 0.25) is 11.8 Å². The fraction of sp³-hybridized carbons (Fsp3) is 0.846. The zero-order valence-corrected chi connectivity index (χ0v) is 11.5. The first-order valence-electron chi connectivity index (χ1n) is 6.66. The molecule has 1 aliphatic heterocycles. The van der Waals surface area contributed by atoms with Crippen molar-refractivity contribution in [2.24, 2.45) is 11.7 Å². The van der Waals surface area contributed by atoms with Crippen molar-refractivity contribution >= 4 is 11.8 Å². The summed E-state index contributed by atoms with van der Waals surface area (Å²) in [5.41, 5.74) is 5.14. The van der Waals surface area contributed by atoms with Gasteiger partial charge in [0.1, 0.15) is 5.54 Å². The van der Waals surface area contributed by atoms with Crippen molar-refractivity contribution < 1.29 is 9.59 Å². The van der Waals surface area contributed by atoms with Crippen molar-refractivity contribution in [2.45, 2.75) is 44.7 Å². The smallest absolute Gasteiger partial charge is 0.247 e. The summed E-state index contributed by atoms with van der Waals surface area (Å²) in [6.45, 7) is 4.90. The number of carbonyl (C=O) groups is 2. The number of amides is 2. The molecule has 1 saturated carbocycles. The molecule has 1 aliphatic carbocycles. The highest BCUT2D eigenvalue weighted by Gasteiger charge is 2.45. The third-order valence-electron chi connectivity index (χ3n) is 4.29. The van der Waals surface area contributed by atoms with Crippen LogP contribution in [-0.2, 0) is 9.59 Å². The van der Waals surface area contributed by atoms with Crippen LogP contribution >= 0.6 is 0 Å². The number of carbonyl (C=O) groups excluding carboxylic acids is 2. The first-order valence-corrected chi connectivity index (χ1v) is 6.66. The minimum Gasteiger partial charge on any atom is -0.342 e. The second-order valence-electron chi connectivity index (χ2n) is 6.05. The van der Waals surface area contributed by atoms with Crippen LogP contribution in [-0.4, -0.2) is 53.3 Å². The van der Waals surface area contributed by atoms with E-state index in [4.69, 9.17) is 5.73 Å². The number of piperazine rings is 1. The molecule has 0 aromatic carbocycles. The lowest BCUT2D eigenvalue weighted by molar-refractivity contribution is -0.159. The predicted octanol–water partition coefficient (Wildman–Crippen LogP) is 0.193. The molecule has 1 saturated heterocycles. The maximum absolute atomic E-state index is 12.5. The molecule has 2 N–H and O–H groups in total. The monoisotopic (exact) mass is 253 g/mol. The van der Waals surface area contributed by atoms with Gasteiger partial charge in [-0.15, -0.1) is 0 Å². The van der Waals surface area contributed by atoms with Gasteiger partial charge in [0.15, 0.2) is 0 Å². The van der Waals surface area contributed by atoms with Gasteiger partial charge in [-0.2, -0.15) is 0 Å². The lowest BCUT2D eigenvalue weighted by Crippen LogP contribution is -2.64. The SMILES string of the molecule is CN1CCN(C(=O)[C@@H]2CC[C@H](N)C2)C(C)(C)C1=O. The molecule has 2 atom stereocenters. The van der Waals surface area contributed by atoms with Crippen LogP contribution in [0.4, 0.5) is 0 Å². The summed E-state index contributed by atoms with van der Waals surface area (Å²) in [6.07, 6.45) is 2.53. The van der Waals surface area contributed by atoms with E-state index in [-0.39, 0.29) is 23.8 Å². The van der Waals surface area contributed by atoms with Gasteiger partial charge in [0, 0.05) is 32.1 Å². The predicted molar refractivity (Wildman–Crippen MR) is 68.7 cm³/mol. The molecule has 2 rings (SSSR count). The van der Waals surface area contributed by atoms with E-state index in [1.54, 1.807) is 16.8 Å². The average molecular weight is 253 g/mol. The first kappa shape index (κ1) is 13.3. The highest BCUT2D eigenvalue weighted by molar-refractivity contribution is 5.92. The molecular formula is C13H23N3O2. The van der Waals surface area contributed by atoms with Gasteiger partial charge in [-0.1, -0.05) is 0 Å². The number of rotatable bonds is 1. The summed E-state index contributed by atoms with van der Waals surface area (Å²) < 4.78 is 0. The van der Waals surface area contributed by atoms with Crippen molar-refractivity contribution in [2.75, 3.05) is 20.1 Å². The second kappa shape index (κ2) is 4.53. The zero-order valence-electron chi connectivity index (χ0n) is 11.5. The van der Waals surface area contributed by atoms with Gasteiger partial charge in [-0.25, -0.2) is 0 Å². The fourth-order valence-corrected chi connectivity index (χ4v) is 3.06. The second-order valence-corrected chi connectivity index (χ2v) is 6.05. The summed E-state index contributed by atoms with van der Waals surface area (Å²) in [5.74, 6) is 0.134. The Morgan fingerprint density at radius 2 is 2.00 bits per heavy atom. The van der Waals surface area contributed by atoms with Crippen LogP contribution in [0.3, 0.4) is 0 Å². The summed E-state index contributed by atoms with van der Waals surface area (Å²) in [6, 6.07) is 0.144. The third kappa shape index (κ3) is 2.11. The van der Waals surface area contributed by atoms with Crippen molar-refractivity contribution in [1.82, 2.24) is 9.80 Å². The van der Waals surface area contributed by atoms with Gasteiger partial charge in [0.25, 0.3) is 0 Å². The van der Waals surface area contributed by atoms with Gasteiger partial charge in [0.05, 0.1) is 0 Å². The number of nitrogens with zero attached hydrogens (tertiary/aromatic N) is 2. The van der Waals surface area contributed by atoms with Crippen LogP contribution < -0.4 is 5.73 Å². The maximum Gasteiger partial charge on any atom is 0.247 e. The molecular weight excluding hydrogens is 230 g/mol. The van der Waals surface area contributed by atoms with Crippen LogP contribution in [0.2, 0.25) is 0 Å². The first-order chi connectivity index (χ1) is 8.34. The minimum atomic E-state index is -0.725. The Morgan fingerprint density at radius 3 is 2.56 bits per heavy atom. The topological polar surface area (TPSA) is 66.6 Å². The molecule has 2 amide bonds.